The molecule has 134 valence electrons. The quantitative estimate of drug-likeness (QED) is 0.870. The molecule has 0 saturated heterocycles. The van der Waals surface area contributed by atoms with Gasteiger partial charge in [-0.1, -0.05) is 36.9 Å². The van der Waals surface area contributed by atoms with E-state index in [0.29, 0.717) is 11.3 Å². The number of benzene rings is 2. The van der Waals surface area contributed by atoms with Crippen molar-refractivity contribution >= 4 is 27.3 Å². The zero-order chi connectivity index (χ0) is 18.9. The summed E-state index contributed by atoms with van der Waals surface area (Å²) in [4.78, 5) is 26.2. The van der Waals surface area contributed by atoms with Crippen LogP contribution in [0.15, 0.2) is 60.0 Å². The van der Waals surface area contributed by atoms with Crippen molar-refractivity contribution in [2.24, 2.45) is 0 Å². The highest BCUT2D eigenvalue weighted by atomic mass is 32.2. The SMILES string of the molecule is C=C1c2ccccc2C(=O)N1CC(=O)NCc1ccc(S(C)(=O)=O)cc1. The molecule has 6 nitrogen and oxygen atoms in total. The van der Waals surface area contributed by atoms with Crippen LogP contribution in [0.1, 0.15) is 21.5 Å². The Balaban J connectivity index is 1.60. The van der Waals surface area contributed by atoms with Crippen LogP contribution in [0.5, 0.6) is 0 Å². The summed E-state index contributed by atoms with van der Waals surface area (Å²) in [7, 11) is -3.25. The van der Waals surface area contributed by atoms with Crippen LogP contribution >= 0.6 is 0 Å². The summed E-state index contributed by atoms with van der Waals surface area (Å²) >= 11 is 0. The Hall–Kier alpha value is -2.93. The summed E-state index contributed by atoms with van der Waals surface area (Å²) in [6.45, 7) is 4.02. The van der Waals surface area contributed by atoms with Gasteiger partial charge in [-0.3, -0.25) is 14.5 Å². The fraction of sp³-hybridized carbons (Fsp3) is 0.158. The third kappa shape index (κ3) is 3.52. The maximum Gasteiger partial charge on any atom is 0.259 e. The molecule has 2 amide bonds. The van der Waals surface area contributed by atoms with Gasteiger partial charge in [0.25, 0.3) is 5.91 Å². The van der Waals surface area contributed by atoms with Crippen LogP contribution in [0.2, 0.25) is 0 Å². The van der Waals surface area contributed by atoms with Gasteiger partial charge in [-0.05, 0) is 23.8 Å². The molecule has 26 heavy (non-hydrogen) atoms. The van der Waals surface area contributed by atoms with Crippen molar-refractivity contribution in [1.82, 2.24) is 10.2 Å². The molecule has 7 heteroatoms. The predicted octanol–water partition coefficient (Wildman–Crippen LogP) is 1.83. The van der Waals surface area contributed by atoms with Gasteiger partial charge in [0.05, 0.1) is 4.90 Å². The minimum atomic E-state index is -3.25. The Morgan fingerprint density at radius 2 is 1.69 bits per heavy atom. The standard InChI is InChI=1S/C19H18N2O4S/c1-13-16-5-3-4-6-17(16)19(23)21(13)12-18(22)20-11-14-7-9-15(10-8-14)26(2,24)25/h3-10H,1,11-12H2,2H3,(H,20,22). The topological polar surface area (TPSA) is 83.6 Å². The Labute approximate surface area is 152 Å². The monoisotopic (exact) mass is 370 g/mol. The molecular weight excluding hydrogens is 352 g/mol. The average molecular weight is 370 g/mol. The van der Waals surface area contributed by atoms with Gasteiger partial charge in [0.2, 0.25) is 5.91 Å². The third-order valence-corrected chi connectivity index (χ3v) is 5.31. The first-order valence-corrected chi connectivity index (χ1v) is 9.82. The molecule has 2 aromatic rings. The number of carbonyl (C=O) groups is 2. The fourth-order valence-corrected chi connectivity index (χ4v) is 3.39. The average Bonchev–Trinajstić information content (AvgIpc) is 2.85. The van der Waals surface area contributed by atoms with Crippen molar-refractivity contribution in [3.05, 3.63) is 71.8 Å². The highest BCUT2D eigenvalue weighted by molar-refractivity contribution is 7.90. The first kappa shape index (κ1) is 17.9. The van der Waals surface area contributed by atoms with Gasteiger partial charge in [0, 0.05) is 29.6 Å². The molecule has 0 unspecified atom stereocenters. The van der Waals surface area contributed by atoms with Crippen LogP contribution in [0.4, 0.5) is 0 Å². The van der Waals surface area contributed by atoms with E-state index >= 15 is 0 Å². The second-order valence-electron chi connectivity index (χ2n) is 6.08. The molecule has 0 radical (unpaired) electrons. The van der Waals surface area contributed by atoms with Gasteiger partial charge in [-0.25, -0.2) is 8.42 Å². The zero-order valence-electron chi connectivity index (χ0n) is 14.2. The largest absolute Gasteiger partial charge is 0.350 e. The predicted molar refractivity (Wildman–Crippen MR) is 97.9 cm³/mol. The number of sulfone groups is 1. The number of nitrogens with zero attached hydrogens (tertiary/aromatic N) is 1. The van der Waals surface area contributed by atoms with Gasteiger partial charge in [-0.15, -0.1) is 0 Å². The minimum Gasteiger partial charge on any atom is -0.350 e. The van der Waals surface area contributed by atoms with Crippen LogP contribution in [0, 0.1) is 0 Å². The van der Waals surface area contributed by atoms with E-state index in [9.17, 15) is 18.0 Å². The van der Waals surface area contributed by atoms with Gasteiger partial charge in [0.1, 0.15) is 6.54 Å². The summed E-state index contributed by atoms with van der Waals surface area (Å²) in [5, 5.41) is 2.73. The zero-order valence-corrected chi connectivity index (χ0v) is 15.0. The molecule has 1 N–H and O–H groups in total. The fourth-order valence-electron chi connectivity index (χ4n) is 2.76. The Morgan fingerprint density at radius 1 is 1.08 bits per heavy atom. The van der Waals surface area contributed by atoms with E-state index in [2.05, 4.69) is 11.9 Å². The Kier molecular flexibility index (Phi) is 4.65. The molecule has 3 rings (SSSR count). The molecule has 0 aromatic heterocycles. The molecule has 0 fully saturated rings. The van der Waals surface area contributed by atoms with Crippen LogP contribution < -0.4 is 5.32 Å². The molecule has 1 heterocycles. The smallest absolute Gasteiger partial charge is 0.259 e. The molecule has 2 aromatic carbocycles. The number of carbonyl (C=O) groups excluding carboxylic acids is 2. The summed E-state index contributed by atoms with van der Waals surface area (Å²) < 4.78 is 22.9. The summed E-state index contributed by atoms with van der Waals surface area (Å²) in [5.41, 5.74) is 2.56. The number of amides is 2. The molecule has 1 aliphatic heterocycles. The Bertz CT molecular complexity index is 959. The van der Waals surface area contributed by atoms with E-state index in [-0.39, 0.29) is 29.8 Å². The van der Waals surface area contributed by atoms with Crippen molar-refractivity contribution in [2.45, 2.75) is 11.4 Å². The van der Waals surface area contributed by atoms with Crippen molar-refractivity contribution in [3.63, 3.8) is 0 Å². The second-order valence-corrected chi connectivity index (χ2v) is 8.09. The molecule has 0 aliphatic carbocycles. The molecule has 1 aliphatic rings. The van der Waals surface area contributed by atoms with Gasteiger partial charge in [0.15, 0.2) is 9.84 Å². The van der Waals surface area contributed by atoms with Crippen molar-refractivity contribution in [2.75, 3.05) is 12.8 Å². The maximum absolute atomic E-state index is 12.4. The van der Waals surface area contributed by atoms with E-state index in [4.69, 9.17) is 0 Å². The molecule has 0 atom stereocenters. The number of nitrogens with one attached hydrogen (secondary N) is 1. The van der Waals surface area contributed by atoms with E-state index in [1.807, 2.05) is 6.07 Å². The van der Waals surface area contributed by atoms with Crippen molar-refractivity contribution in [1.29, 1.82) is 0 Å². The van der Waals surface area contributed by atoms with E-state index in [1.165, 1.54) is 17.0 Å². The lowest BCUT2D eigenvalue weighted by Gasteiger charge is -2.17. The lowest BCUT2D eigenvalue weighted by Crippen LogP contribution is -2.36. The third-order valence-electron chi connectivity index (χ3n) is 4.18. The van der Waals surface area contributed by atoms with Gasteiger partial charge in [-0.2, -0.15) is 0 Å². The first-order valence-electron chi connectivity index (χ1n) is 7.93. The Morgan fingerprint density at radius 3 is 2.27 bits per heavy atom. The number of hydrogen-bond donors (Lipinski definition) is 1. The summed E-state index contributed by atoms with van der Waals surface area (Å²) in [5.74, 6) is -0.558. The minimum absolute atomic E-state index is 0.117. The number of rotatable bonds is 5. The van der Waals surface area contributed by atoms with Crippen molar-refractivity contribution < 1.29 is 18.0 Å². The van der Waals surface area contributed by atoms with Crippen LogP contribution in [0.3, 0.4) is 0 Å². The van der Waals surface area contributed by atoms with E-state index in [1.54, 1.807) is 30.3 Å². The highest BCUT2D eigenvalue weighted by Crippen LogP contribution is 2.30. The number of fused-ring (bicyclic) bond motifs is 1. The molecular formula is C19H18N2O4S. The maximum atomic E-state index is 12.4. The lowest BCUT2D eigenvalue weighted by molar-refractivity contribution is -0.121. The molecule has 0 saturated carbocycles. The molecule has 0 bridgehead atoms. The van der Waals surface area contributed by atoms with Crippen LogP contribution in [-0.2, 0) is 21.2 Å². The van der Waals surface area contributed by atoms with E-state index < -0.39 is 9.84 Å². The second kappa shape index (κ2) is 6.76. The normalized spacial score (nSPS) is 13.7. The number of hydrogen-bond acceptors (Lipinski definition) is 4. The highest BCUT2D eigenvalue weighted by Gasteiger charge is 2.31. The lowest BCUT2D eigenvalue weighted by atomic mass is 10.1. The van der Waals surface area contributed by atoms with Gasteiger partial charge >= 0.3 is 0 Å². The summed E-state index contributed by atoms with van der Waals surface area (Å²) in [6, 6.07) is 13.4. The summed E-state index contributed by atoms with van der Waals surface area (Å²) in [6.07, 6.45) is 1.14. The van der Waals surface area contributed by atoms with Crippen LogP contribution in [-0.4, -0.2) is 37.9 Å². The van der Waals surface area contributed by atoms with Crippen molar-refractivity contribution in [3.8, 4) is 0 Å². The van der Waals surface area contributed by atoms with Crippen LogP contribution in [0.25, 0.3) is 5.70 Å². The van der Waals surface area contributed by atoms with Gasteiger partial charge < -0.3 is 5.32 Å². The first-order chi connectivity index (χ1) is 12.3. The van der Waals surface area contributed by atoms with E-state index in [0.717, 1.165) is 17.4 Å². The molecule has 0 spiro atoms.